The lowest BCUT2D eigenvalue weighted by Crippen LogP contribution is -2.14. The predicted octanol–water partition coefficient (Wildman–Crippen LogP) is 5.22. The summed E-state index contributed by atoms with van der Waals surface area (Å²) in [5, 5.41) is 2.72. The van der Waals surface area contributed by atoms with Gasteiger partial charge in [0.2, 0.25) is 5.91 Å². The average Bonchev–Trinajstić information content (AvgIpc) is 3.61. The minimum atomic E-state index is -3.04. The van der Waals surface area contributed by atoms with Gasteiger partial charge in [0, 0.05) is 61.5 Å². The number of benzene rings is 1. The fourth-order valence-electron chi connectivity index (χ4n) is 3.31. The number of ketones is 1. The van der Waals surface area contributed by atoms with Crippen molar-refractivity contribution in [3.05, 3.63) is 77.5 Å². The highest BCUT2D eigenvalue weighted by molar-refractivity contribution is 5.93. The largest absolute Gasteiger partial charge is 0.457 e. The zero-order valence-corrected chi connectivity index (χ0v) is 18.4. The second-order valence-corrected chi connectivity index (χ2v) is 8.31. The maximum Gasteiger partial charge on any atom is 0.270 e. The Kier molecular flexibility index (Phi) is 6.63. The molecule has 0 unspecified atom stereocenters. The Balaban J connectivity index is 1.38. The molecule has 2 aromatic heterocycles. The van der Waals surface area contributed by atoms with E-state index in [1.54, 1.807) is 6.07 Å². The number of carbonyl (C=O) groups excluding carboxylic acids is 2. The smallest absolute Gasteiger partial charge is 0.270 e. The normalized spacial score (nSPS) is 13.4. The summed E-state index contributed by atoms with van der Waals surface area (Å²) in [7, 11) is 0. The van der Waals surface area contributed by atoms with E-state index in [0.29, 0.717) is 11.6 Å². The summed E-state index contributed by atoms with van der Waals surface area (Å²) in [6.07, 6.45) is 4.03. The molecule has 2 heterocycles. The third-order valence-electron chi connectivity index (χ3n) is 5.28. The predicted molar refractivity (Wildman–Crippen MR) is 118 cm³/mol. The lowest BCUT2D eigenvalue weighted by molar-refractivity contribution is -0.118. The number of Topliss-reactive ketones (excluding diaryl/α,β-unsaturated/α-hetero) is 1. The lowest BCUT2D eigenvalue weighted by atomic mass is 10.0. The van der Waals surface area contributed by atoms with Gasteiger partial charge in [0.05, 0.1) is 0 Å². The van der Waals surface area contributed by atoms with Gasteiger partial charge in [0.15, 0.2) is 0 Å². The third kappa shape index (κ3) is 6.18. The molecule has 176 valence electrons. The van der Waals surface area contributed by atoms with Crippen molar-refractivity contribution >= 4 is 17.5 Å². The first-order valence-electron chi connectivity index (χ1n) is 10.8. The molecule has 0 saturated heterocycles. The van der Waals surface area contributed by atoms with Crippen LogP contribution in [0.1, 0.15) is 36.6 Å². The summed E-state index contributed by atoms with van der Waals surface area (Å²) in [5.74, 6) is -3.18. The highest BCUT2D eigenvalue weighted by Gasteiger charge is 2.29. The van der Waals surface area contributed by atoms with E-state index >= 15 is 0 Å². The van der Waals surface area contributed by atoms with Crippen LogP contribution in [0.5, 0.6) is 11.5 Å². The van der Waals surface area contributed by atoms with Crippen LogP contribution in [0.15, 0.2) is 54.9 Å². The van der Waals surface area contributed by atoms with E-state index in [1.807, 2.05) is 0 Å². The van der Waals surface area contributed by atoms with E-state index in [1.165, 1.54) is 42.7 Å². The Morgan fingerprint density at radius 2 is 1.76 bits per heavy atom. The highest BCUT2D eigenvalue weighted by Crippen LogP contribution is 2.31. The van der Waals surface area contributed by atoms with Gasteiger partial charge in [-0.3, -0.25) is 14.6 Å². The number of carbonyl (C=O) groups is 2. The average molecular weight is 469 g/mol. The summed E-state index contributed by atoms with van der Waals surface area (Å²) < 4.78 is 47.2. The quantitative estimate of drug-likeness (QED) is 0.465. The molecule has 0 spiro atoms. The van der Waals surface area contributed by atoms with Gasteiger partial charge in [-0.25, -0.2) is 18.2 Å². The zero-order valence-electron chi connectivity index (χ0n) is 18.4. The molecular formula is C25H22F3N3O3. The number of nitrogens with zero attached hydrogens (tertiary/aromatic N) is 2. The molecule has 1 fully saturated rings. The Bertz CT molecular complexity index is 1220. The SMILES string of the molecule is CC(F)(F)c1ccnc(CC(=O)Cc2ccc(Oc3ccnc(NC(=O)C4CC4)c3)cc2F)c1. The standard InChI is InChI=1S/C25H22F3N3O3/c1-25(27,28)17-6-8-29-18(11-17)12-19(32)10-16-4-5-20(13-22(16)26)34-21-7-9-30-23(14-21)31-24(33)15-2-3-15/h4-9,11,13-15H,2-3,10,12H2,1H3,(H,30,31,33). The molecule has 1 N–H and O–H groups in total. The number of pyridine rings is 2. The first-order valence-corrected chi connectivity index (χ1v) is 10.8. The van der Waals surface area contributed by atoms with Crippen LogP contribution in [0.2, 0.25) is 0 Å². The minimum Gasteiger partial charge on any atom is -0.457 e. The molecule has 1 amide bonds. The number of anilines is 1. The third-order valence-corrected chi connectivity index (χ3v) is 5.28. The summed E-state index contributed by atoms with van der Waals surface area (Å²) in [4.78, 5) is 32.3. The molecule has 34 heavy (non-hydrogen) atoms. The maximum atomic E-state index is 14.6. The number of hydrogen-bond donors (Lipinski definition) is 1. The van der Waals surface area contributed by atoms with Crippen molar-refractivity contribution in [1.29, 1.82) is 0 Å². The van der Waals surface area contributed by atoms with Crippen molar-refractivity contribution in [3.8, 4) is 11.5 Å². The second-order valence-electron chi connectivity index (χ2n) is 8.31. The molecule has 6 nitrogen and oxygen atoms in total. The van der Waals surface area contributed by atoms with Gasteiger partial charge in [0.1, 0.15) is 28.9 Å². The molecule has 4 rings (SSSR count). The molecule has 9 heteroatoms. The number of alkyl halides is 2. The summed E-state index contributed by atoms with van der Waals surface area (Å²) in [5.41, 5.74) is 0.123. The Morgan fingerprint density at radius 3 is 2.47 bits per heavy atom. The van der Waals surface area contributed by atoms with Crippen LogP contribution in [0, 0.1) is 11.7 Å². The number of aromatic nitrogens is 2. The minimum absolute atomic E-state index is 0.0306. The van der Waals surface area contributed by atoms with Gasteiger partial charge >= 0.3 is 0 Å². The van der Waals surface area contributed by atoms with Crippen molar-refractivity contribution in [3.63, 3.8) is 0 Å². The number of nitrogens with one attached hydrogen (secondary N) is 1. The summed E-state index contributed by atoms with van der Waals surface area (Å²) in [6, 6.07) is 9.59. The van der Waals surface area contributed by atoms with Crippen LogP contribution in [0.3, 0.4) is 0 Å². The van der Waals surface area contributed by atoms with Crippen molar-refractivity contribution < 1.29 is 27.5 Å². The van der Waals surface area contributed by atoms with Crippen LogP contribution < -0.4 is 10.1 Å². The van der Waals surface area contributed by atoms with E-state index < -0.39 is 11.7 Å². The van der Waals surface area contributed by atoms with Gasteiger partial charge in [0.25, 0.3) is 5.92 Å². The number of halogens is 3. The molecule has 3 aromatic rings. The molecule has 1 aliphatic carbocycles. The molecule has 0 radical (unpaired) electrons. The van der Waals surface area contributed by atoms with Gasteiger partial charge < -0.3 is 10.1 Å². The Morgan fingerprint density at radius 1 is 1.03 bits per heavy atom. The number of hydrogen-bond acceptors (Lipinski definition) is 5. The van der Waals surface area contributed by atoms with Gasteiger partial charge in [-0.15, -0.1) is 0 Å². The second kappa shape index (κ2) is 9.62. The Labute approximate surface area is 194 Å². The van der Waals surface area contributed by atoms with Gasteiger partial charge in [-0.1, -0.05) is 6.07 Å². The molecule has 1 aliphatic rings. The topological polar surface area (TPSA) is 81.2 Å². The van der Waals surface area contributed by atoms with Crippen molar-refractivity contribution in [2.75, 3.05) is 5.32 Å². The molecule has 1 aromatic carbocycles. The summed E-state index contributed by atoms with van der Waals surface area (Å²) >= 11 is 0. The van der Waals surface area contributed by atoms with Crippen LogP contribution in [-0.4, -0.2) is 21.7 Å². The van der Waals surface area contributed by atoms with Crippen LogP contribution in [-0.2, 0) is 28.4 Å². The molecule has 0 aliphatic heterocycles. The number of ether oxygens (including phenoxy) is 1. The fourth-order valence-corrected chi connectivity index (χ4v) is 3.31. The van der Waals surface area contributed by atoms with E-state index in [4.69, 9.17) is 4.74 Å². The van der Waals surface area contributed by atoms with E-state index in [0.717, 1.165) is 25.8 Å². The Hall–Kier alpha value is -3.75. The van der Waals surface area contributed by atoms with Crippen molar-refractivity contribution in [1.82, 2.24) is 9.97 Å². The van der Waals surface area contributed by atoms with Crippen molar-refractivity contribution in [2.24, 2.45) is 5.92 Å². The zero-order chi connectivity index (χ0) is 24.3. The fraction of sp³-hybridized carbons (Fsp3) is 0.280. The number of rotatable bonds is 9. The van der Waals surface area contributed by atoms with Crippen LogP contribution >= 0.6 is 0 Å². The van der Waals surface area contributed by atoms with Crippen LogP contribution in [0.25, 0.3) is 0 Å². The maximum absolute atomic E-state index is 14.6. The molecule has 1 saturated carbocycles. The van der Waals surface area contributed by atoms with E-state index in [2.05, 4.69) is 15.3 Å². The molecule has 0 atom stereocenters. The number of amides is 1. The van der Waals surface area contributed by atoms with E-state index in [-0.39, 0.29) is 53.0 Å². The lowest BCUT2D eigenvalue weighted by Gasteiger charge is -2.11. The monoisotopic (exact) mass is 469 g/mol. The first kappa shape index (κ1) is 23.4. The van der Waals surface area contributed by atoms with Crippen molar-refractivity contribution in [2.45, 2.75) is 38.5 Å². The van der Waals surface area contributed by atoms with E-state index in [9.17, 15) is 22.8 Å². The first-order chi connectivity index (χ1) is 16.2. The highest BCUT2D eigenvalue weighted by atomic mass is 19.3. The summed E-state index contributed by atoms with van der Waals surface area (Å²) in [6.45, 7) is 0.768. The van der Waals surface area contributed by atoms with Crippen LogP contribution in [0.4, 0.5) is 19.0 Å². The van der Waals surface area contributed by atoms with Gasteiger partial charge in [-0.2, -0.15) is 0 Å². The van der Waals surface area contributed by atoms with Gasteiger partial charge in [-0.05, 0) is 42.7 Å². The molecular weight excluding hydrogens is 447 g/mol. The molecule has 0 bridgehead atoms.